The highest BCUT2D eigenvalue weighted by Crippen LogP contribution is 2.17. The SMILES string of the molecule is COc1ccccc1CC(=O)NCC1NC(=O)NC1=O. The summed E-state index contributed by atoms with van der Waals surface area (Å²) in [6, 6.07) is 5.94. The third-order valence-corrected chi connectivity index (χ3v) is 2.91. The van der Waals surface area contributed by atoms with Crippen LogP contribution in [0.15, 0.2) is 24.3 Å². The number of rotatable bonds is 5. The predicted molar refractivity (Wildman–Crippen MR) is 70.2 cm³/mol. The van der Waals surface area contributed by atoms with Crippen molar-refractivity contribution in [3.8, 4) is 5.75 Å². The molecule has 1 aromatic rings. The summed E-state index contributed by atoms with van der Waals surface area (Å²) in [5.74, 6) is -0.0504. The van der Waals surface area contributed by atoms with E-state index in [4.69, 9.17) is 4.74 Å². The summed E-state index contributed by atoms with van der Waals surface area (Å²) >= 11 is 0. The highest BCUT2D eigenvalue weighted by Gasteiger charge is 2.29. The van der Waals surface area contributed by atoms with Crippen LogP contribution in [-0.2, 0) is 16.0 Å². The molecule has 2 rings (SSSR count). The Labute approximate surface area is 115 Å². The lowest BCUT2D eigenvalue weighted by atomic mass is 10.1. The van der Waals surface area contributed by atoms with Crippen molar-refractivity contribution in [3.63, 3.8) is 0 Å². The van der Waals surface area contributed by atoms with Crippen molar-refractivity contribution in [2.75, 3.05) is 13.7 Å². The number of carbonyl (C=O) groups excluding carboxylic acids is 3. The average molecular weight is 277 g/mol. The van der Waals surface area contributed by atoms with Crippen LogP contribution in [0.1, 0.15) is 5.56 Å². The Morgan fingerprint density at radius 1 is 1.35 bits per heavy atom. The molecule has 1 saturated heterocycles. The van der Waals surface area contributed by atoms with Crippen molar-refractivity contribution in [2.24, 2.45) is 0 Å². The van der Waals surface area contributed by atoms with Gasteiger partial charge < -0.3 is 15.4 Å². The topological polar surface area (TPSA) is 96.5 Å². The van der Waals surface area contributed by atoms with Crippen LogP contribution in [-0.4, -0.2) is 37.5 Å². The predicted octanol–water partition coefficient (Wildman–Crippen LogP) is -0.438. The number of hydrogen-bond donors (Lipinski definition) is 3. The minimum Gasteiger partial charge on any atom is -0.496 e. The van der Waals surface area contributed by atoms with Gasteiger partial charge in [-0.1, -0.05) is 18.2 Å². The Morgan fingerprint density at radius 3 is 2.75 bits per heavy atom. The first-order valence-corrected chi connectivity index (χ1v) is 6.10. The molecule has 0 bridgehead atoms. The minimum absolute atomic E-state index is 0.0611. The van der Waals surface area contributed by atoms with E-state index in [1.54, 1.807) is 12.1 Å². The number of carbonyl (C=O) groups is 3. The molecule has 4 amide bonds. The van der Waals surface area contributed by atoms with Crippen LogP contribution in [0.25, 0.3) is 0 Å². The van der Waals surface area contributed by atoms with Crippen molar-refractivity contribution < 1.29 is 19.1 Å². The van der Waals surface area contributed by atoms with Gasteiger partial charge >= 0.3 is 6.03 Å². The van der Waals surface area contributed by atoms with E-state index in [0.29, 0.717) is 5.75 Å². The van der Waals surface area contributed by atoms with E-state index in [2.05, 4.69) is 16.0 Å². The molecule has 1 aliphatic rings. The molecule has 0 spiro atoms. The zero-order valence-electron chi connectivity index (χ0n) is 10.9. The molecule has 1 aliphatic heterocycles. The summed E-state index contributed by atoms with van der Waals surface area (Å²) in [7, 11) is 1.54. The van der Waals surface area contributed by atoms with E-state index in [9.17, 15) is 14.4 Å². The fraction of sp³-hybridized carbons (Fsp3) is 0.308. The van der Waals surface area contributed by atoms with Gasteiger partial charge in [-0.25, -0.2) is 4.79 Å². The average Bonchev–Trinajstić information content (AvgIpc) is 2.75. The first-order chi connectivity index (χ1) is 9.60. The van der Waals surface area contributed by atoms with E-state index in [1.165, 1.54) is 7.11 Å². The number of nitrogens with one attached hydrogen (secondary N) is 3. The molecule has 1 aromatic carbocycles. The van der Waals surface area contributed by atoms with Crippen LogP contribution >= 0.6 is 0 Å². The molecular weight excluding hydrogens is 262 g/mol. The maximum atomic E-state index is 11.8. The summed E-state index contributed by atoms with van der Waals surface area (Å²) in [4.78, 5) is 34.0. The molecule has 1 unspecified atom stereocenters. The highest BCUT2D eigenvalue weighted by atomic mass is 16.5. The van der Waals surface area contributed by atoms with Crippen molar-refractivity contribution in [2.45, 2.75) is 12.5 Å². The second kappa shape index (κ2) is 6.05. The van der Waals surface area contributed by atoms with Crippen LogP contribution < -0.4 is 20.7 Å². The molecule has 1 fully saturated rings. The number of urea groups is 1. The van der Waals surface area contributed by atoms with Crippen molar-refractivity contribution in [1.29, 1.82) is 0 Å². The molecule has 7 heteroatoms. The van der Waals surface area contributed by atoms with Crippen LogP contribution in [0.5, 0.6) is 5.75 Å². The molecular formula is C13H15N3O4. The van der Waals surface area contributed by atoms with E-state index in [1.807, 2.05) is 12.1 Å². The molecule has 0 radical (unpaired) electrons. The zero-order chi connectivity index (χ0) is 14.5. The van der Waals surface area contributed by atoms with Gasteiger partial charge in [-0.05, 0) is 6.07 Å². The van der Waals surface area contributed by atoms with Gasteiger partial charge in [0.2, 0.25) is 5.91 Å². The normalized spacial score (nSPS) is 17.4. The van der Waals surface area contributed by atoms with Gasteiger partial charge in [0, 0.05) is 12.1 Å². The lowest BCUT2D eigenvalue weighted by molar-refractivity contribution is -0.121. The maximum absolute atomic E-state index is 11.8. The Hall–Kier alpha value is -2.57. The standard InChI is InChI=1S/C13H15N3O4/c1-20-10-5-3-2-4-8(10)6-11(17)14-7-9-12(18)16-13(19)15-9/h2-5,9H,6-7H2,1H3,(H,14,17)(H2,15,16,18,19). The lowest BCUT2D eigenvalue weighted by Crippen LogP contribution is -2.42. The summed E-state index contributed by atoms with van der Waals surface area (Å²) in [5, 5.41) is 7.11. The Bertz CT molecular complexity index is 544. The van der Waals surface area contributed by atoms with E-state index < -0.39 is 18.0 Å². The van der Waals surface area contributed by atoms with Gasteiger partial charge in [0.15, 0.2) is 0 Å². The number of benzene rings is 1. The van der Waals surface area contributed by atoms with Crippen LogP contribution in [0.4, 0.5) is 4.79 Å². The van der Waals surface area contributed by atoms with E-state index >= 15 is 0 Å². The number of amides is 4. The number of imide groups is 1. The van der Waals surface area contributed by atoms with Gasteiger partial charge in [0.1, 0.15) is 11.8 Å². The van der Waals surface area contributed by atoms with E-state index in [0.717, 1.165) is 5.56 Å². The van der Waals surface area contributed by atoms with Gasteiger partial charge in [-0.2, -0.15) is 0 Å². The first kappa shape index (κ1) is 13.9. The highest BCUT2D eigenvalue weighted by molar-refractivity contribution is 6.04. The van der Waals surface area contributed by atoms with E-state index in [-0.39, 0.29) is 18.9 Å². The molecule has 7 nitrogen and oxygen atoms in total. The first-order valence-electron chi connectivity index (χ1n) is 6.10. The van der Waals surface area contributed by atoms with Gasteiger partial charge in [-0.15, -0.1) is 0 Å². The van der Waals surface area contributed by atoms with Gasteiger partial charge in [0.25, 0.3) is 5.91 Å². The fourth-order valence-electron chi connectivity index (χ4n) is 1.90. The Morgan fingerprint density at radius 2 is 2.10 bits per heavy atom. The monoisotopic (exact) mass is 277 g/mol. The molecule has 106 valence electrons. The fourth-order valence-corrected chi connectivity index (χ4v) is 1.90. The van der Waals surface area contributed by atoms with Crippen molar-refractivity contribution in [1.82, 2.24) is 16.0 Å². The molecule has 0 saturated carbocycles. The van der Waals surface area contributed by atoms with Crippen molar-refractivity contribution in [3.05, 3.63) is 29.8 Å². The summed E-state index contributed by atoms with van der Waals surface area (Å²) in [5.41, 5.74) is 0.757. The third-order valence-electron chi connectivity index (χ3n) is 2.91. The maximum Gasteiger partial charge on any atom is 0.322 e. The second-order valence-corrected chi connectivity index (χ2v) is 4.31. The van der Waals surface area contributed by atoms with Gasteiger partial charge in [-0.3, -0.25) is 14.9 Å². The quantitative estimate of drug-likeness (QED) is 0.636. The molecule has 0 aliphatic carbocycles. The van der Waals surface area contributed by atoms with Crippen LogP contribution in [0.3, 0.4) is 0 Å². The number of hydrogen-bond acceptors (Lipinski definition) is 4. The summed E-state index contributed by atoms with van der Waals surface area (Å²) < 4.78 is 5.15. The number of ether oxygens (including phenoxy) is 1. The molecule has 1 atom stereocenters. The molecule has 3 N–H and O–H groups in total. The largest absolute Gasteiger partial charge is 0.496 e. The Balaban J connectivity index is 1.87. The molecule has 20 heavy (non-hydrogen) atoms. The Kier molecular flexibility index (Phi) is 4.19. The second-order valence-electron chi connectivity index (χ2n) is 4.31. The third kappa shape index (κ3) is 3.25. The number of methoxy groups -OCH3 is 1. The van der Waals surface area contributed by atoms with Crippen molar-refractivity contribution >= 4 is 17.8 Å². The summed E-state index contributed by atoms with van der Waals surface area (Å²) in [6.07, 6.45) is 0.145. The van der Waals surface area contributed by atoms with Gasteiger partial charge in [0.05, 0.1) is 13.5 Å². The van der Waals surface area contributed by atoms with Crippen LogP contribution in [0, 0.1) is 0 Å². The van der Waals surface area contributed by atoms with Crippen LogP contribution in [0.2, 0.25) is 0 Å². The zero-order valence-corrected chi connectivity index (χ0v) is 10.9. The summed E-state index contributed by atoms with van der Waals surface area (Å²) in [6.45, 7) is 0.0611. The smallest absolute Gasteiger partial charge is 0.322 e. The molecule has 0 aromatic heterocycles. The lowest BCUT2D eigenvalue weighted by Gasteiger charge is -2.11. The minimum atomic E-state index is -0.718. The molecule has 1 heterocycles. The number of para-hydroxylation sites is 1.